The van der Waals surface area contributed by atoms with Gasteiger partial charge in [-0.2, -0.15) is 0 Å². The van der Waals surface area contributed by atoms with E-state index in [4.69, 9.17) is 9.84 Å². The number of H-pyrrole nitrogens is 1. The lowest BCUT2D eigenvalue weighted by Gasteiger charge is -2.08. The molecule has 1 heterocycles. The summed E-state index contributed by atoms with van der Waals surface area (Å²) >= 11 is 0. The van der Waals surface area contributed by atoms with Crippen LogP contribution in [0.5, 0.6) is 11.5 Å². The van der Waals surface area contributed by atoms with Gasteiger partial charge in [-0.3, -0.25) is 4.79 Å². The zero-order valence-corrected chi connectivity index (χ0v) is 15.8. The Morgan fingerprint density at radius 2 is 1.83 bits per heavy atom. The van der Waals surface area contributed by atoms with Gasteiger partial charge in [0, 0.05) is 29.1 Å². The molecule has 3 aromatic rings. The van der Waals surface area contributed by atoms with Crippen LogP contribution in [0.1, 0.15) is 24.0 Å². The van der Waals surface area contributed by atoms with Crippen LogP contribution in [-0.4, -0.2) is 29.0 Å². The number of fused-ring (bicyclic) bond motifs is 1. The van der Waals surface area contributed by atoms with Crippen molar-refractivity contribution in [1.29, 1.82) is 0 Å². The van der Waals surface area contributed by atoms with Gasteiger partial charge in [-0.05, 0) is 54.4 Å². The van der Waals surface area contributed by atoms with Gasteiger partial charge in [0.2, 0.25) is 0 Å². The van der Waals surface area contributed by atoms with E-state index in [1.54, 1.807) is 18.3 Å². The Hall–Kier alpha value is -3.60. The zero-order chi connectivity index (χ0) is 21.6. The second kappa shape index (κ2) is 9.27. The van der Waals surface area contributed by atoms with Crippen LogP contribution in [0.25, 0.3) is 10.9 Å². The number of carboxylic acids is 1. The van der Waals surface area contributed by atoms with Gasteiger partial charge >= 0.3 is 12.3 Å². The second-order valence-electron chi connectivity index (χ2n) is 6.42. The largest absolute Gasteiger partial charge is 0.573 e. The number of hydrogen-bond acceptors (Lipinski definition) is 3. The van der Waals surface area contributed by atoms with Gasteiger partial charge in [0.25, 0.3) is 0 Å². The predicted molar refractivity (Wildman–Crippen MR) is 104 cm³/mol. The first-order valence-corrected chi connectivity index (χ1v) is 9.09. The van der Waals surface area contributed by atoms with Crippen LogP contribution in [-0.2, 0) is 11.2 Å². The molecule has 0 saturated carbocycles. The Bertz CT molecular complexity index is 1080. The van der Waals surface area contributed by atoms with Crippen molar-refractivity contribution in [3.8, 4) is 23.3 Å². The summed E-state index contributed by atoms with van der Waals surface area (Å²) in [7, 11) is 0. The topological polar surface area (TPSA) is 71.5 Å². The number of carbonyl (C=O) groups is 1. The average Bonchev–Trinajstić information content (AvgIpc) is 3.06. The molecule has 0 spiro atoms. The normalized spacial score (nSPS) is 11.0. The molecule has 0 bridgehead atoms. The lowest BCUT2D eigenvalue weighted by atomic mass is 10.1. The number of alkyl halides is 3. The first-order chi connectivity index (χ1) is 14.3. The number of benzene rings is 2. The van der Waals surface area contributed by atoms with Crippen molar-refractivity contribution in [1.82, 2.24) is 4.98 Å². The molecule has 0 aliphatic rings. The molecule has 0 atom stereocenters. The second-order valence-corrected chi connectivity index (χ2v) is 6.42. The number of carboxylic acid groups (broad SMARTS) is 1. The molecule has 3 rings (SSSR count). The molecule has 156 valence electrons. The van der Waals surface area contributed by atoms with Crippen LogP contribution in [0, 0.1) is 11.8 Å². The Morgan fingerprint density at radius 3 is 2.53 bits per heavy atom. The van der Waals surface area contributed by atoms with Crippen LogP contribution >= 0.6 is 0 Å². The maximum Gasteiger partial charge on any atom is 0.573 e. The van der Waals surface area contributed by atoms with Crippen LogP contribution in [0.15, 0.2) is 48.7 Å². The van der Waals surface area contributed by atoms with E-state index in [0.29, 0.717) is 36.3 Å². The molecule has 0 fully saturated rings. The molecule has 5 nitrogen and oxygen atoms in total. The molecule has 0 unspecified atom stereocenters. The van der Waals surface area contributed by atoms with Crippen molar-refractivity contribution in [2.24, 2.45) is 0 Å². The van der Waals surface area contributed by atoms with Crippen molar-refractivity contribution >= 4 is 16.9 Å². The molecule has 0 aliphatic carbocycles. The molecule has 8 heteroatoms. The summed E-state index contributed by atoms with van der Waals surface area (Å²) in [5.41, 5.74) is 2.13. The number of unbranched alkanes of at least 4 members (excludes halogenated alkanes) is 1. The zero-order valence-electron chi connectivity index (χ0n) is 15.8. The standard InChI is InChI=1S/C22H18F3NO4/c23-22(24,25)30-17-7-5-15(6-8-17)4-2-1-3-11-29-18-9-10-20-19(13-18)16(14-26-20)12-21(27)28/h5-10,13-14,26H,1,3,11-12H2,(H,27,28). The van der Waals surface area contributed by atoms with Crippen LogP contribution < -0.4 is 9.47 Å². The van der Waals surface area contributed by atoms with Gasteiger partial charge in [0.1, 0.15) is 11.5 Å². The highest BCUT2D eigenvalue weighted by atomic mass is 19.4. The van der Waals surface area contributed by atoms with E-state index >= 15 is 0 Å². The minimum absolute atomic E-state index is 0.0671. The summed E-state index contributed by atoms with van der Waals surface area (Å²) in [5, 5.41) is 9.78. The number of aliphatic carboxylic acids is 1. The van der Waals surface area contributed by atoms with Gasteiger partial charge in [0.05, 0.1) is 13.0 Å². The highest BCUT2D eigenvalue weighted by molar-refractivity contribution is 5.87. The molecule has 1 aromatic heterocycles. The quantitative estimate of drug-likeness (QED) is 0.424. The monoisotopic (exact) mass is 417 g/mol. The van der Waals surface area contributed by atoms with Crippen molar-refractivity contribution in [2.45, 2.75) is 25.6 Å². The van der Waals surface area contributed by atoms with Gasteiger partial charge < -0.3 is 19.6 Å². The van der Waals surface area contributed by atoms with E-state index in [0.717, 1.165) is 10.9 Å². The van der Waals surface area contributed by atoms with Crippen LogP contribution in [0.3, 0.4) is 0 Å². The molecule has 0 amide bonds. The lowest BCUT2D eigenvalue weighted by molar-refractivity contribution is -0.274. The average molecular weight is 417 g/mol. The van der Waals surface area contributed by atoms with Crippen molar-refractivity contribution in [3.05, 3.63) is 59.8 Å². The molecule has 2 N–H and O–H groups in total. The van der Waals surface area contributed by atoms with Crippen molar-refractivity contribution in [2.75, 3.05) is 6.61 Å². The van der Waals surface area contributed by atoms with E-state index in [1.165, 1.54) is 24.3 Å². The predicted octanol–water partition coefficient (Wildman–Crippen LogP) is 4.90. The number of nitrogens with one attached hydrogen (secondary N) is 1. The first kappa shape index (κ1) is 21.1. The molecule has 30 heavy (non-hydrogen) atoms. The SMILES string of the molecule is O=C(O)Cc1c[nH]c2ccc(OCCCC#Cc3ccc(OC(F)(F)F)cc3)cc12. The Labute approximate surface area is 170 Å². The lowest BCUT2D eigenvalue weighted by Crippen LogP contribution is -2.16. The maximum absolute atomic E-state index is 12.1. The highest BCUT2D eigenvalue weighted by Crippen LogP contribution is 2.25. The molecular weight excluding hydrogens is 399 g/mol. The summed E-state index contributed by atoms with van der Waals surface area (Å²) in [6.45, 7) is 0.428. The summed E-state index contributed by atoms with van der Waals surface area (Å²) in [5.74, 6) is 5.28. The number of aromatic amines is 1. The first-order valence-electron chi connectivity index (χ1n) is 9.09. The summed E-state index contributed by atoms with van der Waals surface area (Å²) < 4.78 is 45.9. The molecular formula is C22H18F3NO4. The third-order valence-electron chi connectivity index (χ3n) is 4.12. The Kier molecular flexibility index (Phi) is 6.52. The summed E-state index contributed by atoms with van der Waals surface area (Å²) in [4.78, 5) is 14.0. The maximum atomic E-state index is 12.1. The van der Waals surface area contributed by atoms with Crippen LogP contribution in [0.2, 0.25) is 0 Å². The van der Waals surface area contributed by atoms with Crippen LogP contribution in [0.4, 0.5) is 13.2 Å². The Balaban J connectivity index is 1.47. The van der Waals surface area contributed by atoms with E-state index in [-0.39, 0.29) is 12.2 Å². The van der Waals surface area contributed by atoms with E-state index in [2.05, 4.69) is 21.6 Å². The highest BCUT2D eigenvalue weighted by Gasteiger charge is 2.30. The molecule has 2 aromatic carbocycles. The number of aromatic nitrogens is 1. The number of hydrogen-bond donors (Lipinski definition) is 2. The van der Waals surface area contributed by atoms with Gasteiger partial charge in [-0.15, -0.1) is 13.2 Å². The smallest absolute Gasteiger partial charge is 0.494 e. The fourth-order valence-electron chi connectivity index (χ4n) is 2.81. The third kappa shape index (κ3) is 6.21. The summed E-state index contributed by atoms with van der Waals surface area (Å²) in [6, 6.07) is 10.8. The van der Waals surface area contributed by atoms with E-state index in [1.807, 2.05) is 6.07 Å². The van der Waals surface area contributed by atoms with Crippen molar-refractivity contribution in [3.63, 3.8) is 0 Å². The minimum atomic E-state index is -4.71. The molecule has 0 aliphatic heterocycles. The molecule has 0 saturated heterocycles. The molecule has 0 radical (unpaired) electrons. The number of rotatable bonds is 7. The van der Waals surface area contributed by atoms with Gasteiger partial charge in [-0.1, -0.05) is 11.8 Å². The van der Waals surface area contributed by atoms with E-state index in [9.17, 15) is 18.0 Å². The van der Waals surface area contributed by atoms with Crippen molar-refractivity contribution < 1.29 is 32.5 Å². The van der Waals surface area contributed by atoms with Gasteiger partial charge in [-0.25, -0.2) is 0 Å². The Morgan fingerprint density at radius 1 is 1.10 bits per heavy atom. The number of ether oxygens (including phenoxy) is 2. The number of halogens is 3. The minimum Gasteiger partial charge on any atom is -0.494 e. The fourth-order valence-corrected chi connectivity index (χ4v) is 2.81. The fraction of sp³-hybridized carbons (Fsp3) is 0.227. The summed E-state index contributed by atoms with van der Waals surface area (Å²) in [6.07, 6.45) is -1.88. The van der Waals surface area contributed by atoms with E-state index < -0.39 is 12.3 Å². The van der Waals surface area contributed by atoms with Gasteiger partial charge in [0.15, 0.2) is 0 Å². The third-order valence-corrected chi connectivity index (χ3v) is 4.12.